The van der Waals surface area contributed by atoms with Crippen molar-refractivity contribution in [3.63, 3.8) is 0 Å². The summed E-state index contributed by atoms with van der Waals surface area (Å²) in [6.07, 6.45) is 0. The number of thioether (sulfide) groups is 1. The maximum atomic E-state index is 12.8. The highest BCUT2D eigenvalue weighted by Gasteiger charge is 2.30. The number of carbonyl (C=O) groups excluding carboxylic acids is 1. The van der Waals surface area contributed by atoms with Gasteiger partial charge in [0.05, 0.1) is 15.3 Å². The highest BCUT2D eigenvalue weighted by molar-refractivity contribution is 8.00. The highest BCUT2D eigenvalue weighted by atomic mass is 32.2. The lowest BCUT2D eigenvalue weighted by molar-refractivity contribution is 0.0764. The van der Waals surface area contributed by atoms with E-state index in [2.05, 4.69) is 37.0 Å². The van der Waals surface area contributed by atoms with Crippen molar-refractivity contribution in [1.29, 1.82) is 0 Å². The van der Waals surface area contributed by atoms with E-state index in [-0.39, 0.29) is 11.3 Å². The second-order valence-corrected chi connectivity index (χ2v) is 7.88. The molecule has 110 valence electrons. The van der Waals surface area contributed by atoms with Crippen LogP contribution in [0, 0.1) is 13.8 Å². The molecular formula is C16H18N2OS2. The summed E-state index contributed by atoms with van der Waals surface area (Å²) in [6, 6.07) is 8.27. The topological polar surface area (TPSA) is 33.2 Å². The summed E-state index contributed by atoms with van der Waals surface area (Å²) in [4.78, 5) is 20.2. The minimum absolute atomic E-state index is 0.0633. The van der Waals surface area contributed by atoms with Crippen LogP contribution in [-0.4, -0.2) is 33.5 Å². The molecule has 3 rings (SSSR count). The maximum Gasteiger partial charge on any atom is 0.274 e. The van der Waals surface area contributed by atoms with Crippen LogP contribution in [0.3, 0.4) is 0 Å². The van der Waals surface area contributed by atoms with Crippen LogP contribution in [0.4, 0.5) is 0 Å². The molecule has 1 saturated heterocycles. The van der Waals surface area contributed by atoms with Crippen molar-refractivity contribution in [2.45, 2.75) is 26.1 Å². The Bertz CT molecular complexity index is 681. The molecule has 21 heavy (non-hydrogen) atoms. The molecule has 1 fully saturated rings. The molecule has 1 aliphatic rings. The van der Waals surface area contributed by atoms with Gasteiger partial charge in [0.1, 0.15) is 5.69 Å². The number of hydrogen-bond acceptors (Lipinski definition) is 4. The summed E-state index contributed by atoms with van der Waals surface area (Å²) in [6.45, 7) is 6.93. The Balaban J connectivity index is 2.02. The summed E-state index contributed by atoms with van der Waals surface area (Å²) in [5, 5.41) is 1.18. The Morgan fingerprint density at radius 3 is 2.86 bits per heavy atom. The molecule has 0 spiro atoms. The average Bonchev–Trinajstić information content (AvgIpc) is 3.04. The van der Waals surface area contributed by atoms with Crippen molar-refractivity contribution in [2.75, 3.05) is 12.3 Å². The molecule has 3 nitrogen and oxygen atoms in total. The largest absolute Gasteiger partial charge is 0.325 e. The van der Waals surface area contributed by atoms with Gasteiger partial charge in [-0.3, -0.25) is 4.79 Å². The fraction of sp³-hybridized carbons (Fsp3) is 0.375. The number of rotatable bonds is 2. The third-order valence-corrected chi connectivity index (χ3v) is 5.78. The number of thiazole rings is 1. The second-order valence-electron chi connectivity index (χ2n) is 5.25. The van der Waals surface area contributed by atoms with Gasteiger partial charge in [0.2, 0.25) is 0 Å². The summed E-state index contributed by atoms with van der Waals surface area (Å²) in [5.41, 5.74) is 2.89. The van der Waals surface area contributed by atoms with Gasteiger partial charge in [0.25, 0.3) is 5.91 Å². The number of aromatic nitrogens is 1. The quantitative estimate of drug-likeness (QED) is 0.840. The van der Waals surface area contributed by atoms with Gasteiger partial charge in [-0.15, -0.1) is 23.1 Å². The number of hydrogen-bond donors (Lipinski definition) is 0. The normalized spacial score (nSPS) is 18.2. The number of aryl methyl sites for hydroxylation is 2. The highest BCUT2D eigenvalue weighted by Crippen LogP contribution is 2.33. The predicted octanol–water partition coefficient (Wildman–Crippen LogP) is 3.96. The molecule has 1 aromatic carbocycles. The molecule has 0 saturated carbocycles. The molecule has 1 atom stereocenters. The molecule has 1 unspecified atom stereocenters. The Hall–Kier alpha value is -1.33. The van der Waals surface area contributed by atoms with Crippen molar-refractivity contribution < 1.29 is 4.79 Å². The van der Waals surface area contributed by atoms with Crippen LogP contribution in [-0.2, 0) is 0 Å². The van der Waals surface area contributed by atoms with Gasteiger partial charge in [-0.2, -0.15) is 0 Å². The van der Waals surface area contributed by atoms with Gasteiger partial charge in [-0.05, 0) is 26.3 Å². The van der Waals surface area contributed by atoms with Crippen LogP contribution < -0.4 is 0 Å². The molecule has 5 heteroatoms. The van der Waals surface area contributed by atoms with E-state index in [4.69, 9.17) is 0 Å². The van der Waals surface area contributed by atoms with Crippen molar-refractivity contribution in [2.24, 2.45) is 0 Å². The lowest BCUT2D eigenvalue weighted by Gasteiger charge is -2.19. The average molecular weight is 318 g/mol. The SMILES string of the molecule is Cc1cccc(-c2sc(C)nc2C(=O)N2CCSC2C)c1. The zero-order valence-electron chi connectivity index (χ0n) is 12.4. The first-order valence-corrected chi connectivity index (χ1v) is 8.90. The molecule has 0 aliphatic carbocycles. The monoisotopic (exact) mass is 318 g/mol. The molecule has 0 radical (unpaired) electrons. The fourth-order valence-corrected chi connectivity index (χ4v) is 4.48. The number of nitrogens with zero attached hydrogens (tertiary/aromatic N) is 2. The van der Waals surface area contributed by atoms with Crippen LogP contribution in [0.2, 0.25) is 0 Å². The minimum Gasteiger partial charge on any atom is -0.325 e. The molecule has 1 amide bonds. The van der Waals surface area contributed by atoms with Crippen molar-refractivity contribution >= 4 is 29.0 Å². The first-order valence-electron chi connectivity index (χ1n) is 7.03. The second kappa shape index (κ2) is 5.81. The molecule has 1 aliphatic heterocycles. The van der Waals surface area contributed by atoms with E-state index < -0.39 is 0 Å². The van der Waals surface area contributed by atoms with E-state index in [1.165, 1.54) is 5.56 Å². The number of carbonyl (C=O) groups is 1. The van der Waals surface area contributed by atoms with E-state index in [1.807, 2.05) is 29.7 Å². The summed E-state index contributed by atoms with van der Waals surface area (Å²) >= 11 is 3.42. The third-order valence-electron chi connectivity index (χ3n) is 3.61. The lowest BCUT2D eigenvalue weighted by Crippen LogP contribution is -2.33. The third kappa shape index (κ3) is 2.85. The zero-order valence-corrected chi connectivity index (χ0v) is 14.1. The van der Waals surface area contributed by atoms with E-state index in [0.29, 0.717) is 5.69 Å². The maximum absolute atomic E-state index is 12.8. The van der Waals surface area contributed by atoms with Crippen molar-refractivity contribution in [3.8, 4) is 10.4 Å². The van der Waals surface area contributed by atoms with Gasteiger partial charge in [-0.25, -0.2) is 4.98 Å². The van der Waals surface area contributed by atoms with Crippen LogP contribution in [0.1, 0.15) is 28.0 Å². The smallest absolute Gasteiger partial charge is 0.274 e. The molecule has 0 bridgehead atoms. The van der Waals surface area contributed by atoms with Crippen LogP contribution >= 0.6 is 23.1 Å². The Morgan fingerprint density at radius 2 is 2.19 bits per heavy atom. The Kier molecular flexibility index (Phi) is 4.04. The molecule has 2 heterocycles. The van der Waals surface area contributed by atoms with Crippen LogP contribution in [0.5, 0.6) is 0 Å². The predicted molar refractivity (Wildman–Crippen MR) is 90.0 cm³/mol. The lowest BCUT2D eigenvalue weighted by atomic mass is 10.1. The summed E-state index contributed by atoms with van der Waals surface area (Å²) in [7, 11) is 0. The van der Waals surface area contributed by atoms with E-state index in [1.54, 1.807) is 11.3 Å². The van der Waals surface area contributed by atoms with E-state index >= 15 is 0 Å². The molecule has 1 aromatic heterocycles. The number of benzene rings is 1. The summed E-state index contributed by atoms with van der Waals surface area (Å²) < 4.78 is 0. The Morgan fingerprint density at radius 1 is 1.38 bits per heavy atom. The number of amides is 1. The van der Waals surface area contributed by atoms with Crippen molar-refractivity contribution in [3.05, 3.63) is 40.5 Å². The van der Waals surface area contributed by atoms with Crippen molar-refractivity contribution in [1.82, 2.24) is 9.88 Å². The van der Waals surface area contributed by atoms with Gasteiger partial charge in [0.15, 0.2) is 0 Å². The zero-order chi connectivity index (χ0) is 15.0. The van der Waals surface area contributed by atoms with E-state index in [9.17, 15) is 4.79 Å². The molecule has 2 aromatic rings. The first kappa shape index (κ1) is 14.6. The Labute approximate surface area is 133 Å². The van der Waals surface area contributed by atoms with Gasteiger partial charge >= 0.3 is 0 Å². The first-order chi connectivity index (χ1) is 10.1. The van der Waals surface area contributed by atoms with Gasteiger partial charge in [-0.1, -0.05) is 29.8 Å². The molecular weight excluding hydrogens is 300 g/mol. The molecule has 0 N–H and O–H groups in total. The standard InChI is InChI=1S/C16H18N2OS2/c1-10-5-4-6-13(9-10)15-14(17-11(2)21-15)16(19)18-7-8-20-12(18)3/h4-6,9,12H,7-8H2,1-3H3. The summed E-state index contributed by atoms with van der Waals surface area (Å²) in [5.74, 6) is 1.07. The van der Waals surface area contributed by atoms with Gasteiger partial charge in [0, 0.05) is 12.3 Å². The minimum atomic E-state index is 0.0633. The fourth-order valence-electron chi connectivity index (χ4n) is 2.55. The van der Waals surface area contributed by atoms with Crippen LogP contribution in [0.25, 0.3) is 10.4 Å². The van der Waals surface area contributed by atoms with Gasteiger partial charge < -0.3 is 4.90 Å². The van der Waals surface area contributed by atoms with Crippen LogP contribution in [0.15, 0.2) is 24.3 Å². The van der Waals surface area contributed by atoms with E-state index in [0.717, 1.165) is 27.7 Å².